The van der Waals surface area contributed by atoms with Crippen molar-refractivity contribution in [1.82, 2.24) is 5.32 Å². The number of nitrogens with two attached hydrogens (primary N) is 1. The van der Waals surface area contributed by atoms with Crippen LogP contribution in [0.2, 0.25) is 0 Å². The van der Waals surface area contributed by atoms with E-state index in [-0.39, 0.29) is 12.5 Å². The van der Waals surface area contributed by atoms with Gasteiger partial charge in [-0.25, -0.2) is 0 Å². The zero-order chi connectivity index (χ0) is 14.3. The lowest BCUT2D eigenvalue weighted by atomic mass is 10.1. The van der Waals surface area contributed by atoms with Gasteiger partial charge in [-0.1, -0.05) is 0 Å². The Labute approximate surface area is 114 Å². The van der Waals surface area contributed by atoms with Gasteiger partial charge in [0.25, 0.3) is 5.91 Å². The summed E-state index contributed by atoms with van der Waals surface area (Å²) in [5, 5.41) is 11.6. The molecule has 1 rings (SSSR count). The predicted molar refractivity (Wildman–Crippen MR) is 78.5 cm³/mol. The third-order valence-electron chi connectivity index (χ3n) is 2.87. The van der Waals surface area contributed by atoms with Crippen LogP contribution in [0.4, 0.5) is 11.4 Å². The van der Waals surface area contributed by atoms with E-state index in [4.69, 9.17) is 10.8 Å². The lowest BCUT2D eigenvalue weighted by molar-refractivity contribution is 0.0953. The van der Waals surface area contributed by atoms with Crippen molar-refractivity contribution in [2.24, 2.45) is 0 Å². The molecule has 106 valence electrons. The molecule has 1 aromatic carbocycles. The summed E-state index contributed by atoms with van der Waals surface area (Å²) in [4.78, 5) is 14.0. The summed E-state index contributed by atoms with van der Waals surface area (Å²) >= 11 is 0. The quantitative estimate of drug-likeness (QED) is 0.512. The molecule has 0 saturated carbocycles. The molecule has 19 heavy (non-hydrogen) atoms. The molecule has 0 spiro atoms. The van der Waals surface area contributed by atoms with Crippen LogP contribution in [0.1, 0.15) is 29.6 Å². The minimum atomic E-state index is -0.111. The number of carbonyl (C=O) groups is 1. The van der Waals surface area contributed by atoms with Gasteiger partial charge in [0.1, 0.15) is 0 Å². The van der Waals surface area contributed by atoms with Crippen LogP contribution in [0.25, 0.3) is 0 Å². The highest BCUT2D eigenvalue weighted by Gasteiger charge is 2.12. The van der Waals surface area contributed by atoms with Crippen LogP contribution in [0.5, 0.6) is 0 Å². The molecule has 4 N–H and O–H groups in total. The summed E-state index contributed by atoms with van der Waals surface area (Å²) in [5.74, 6) is -0.111. The molecular weight excluding hydrogens is 242 g/mol. The highest BCUT2D eigenvalue weighted by Crippen LogP contribution is 2.21. The molecule has 0 atom stereocenters. The fraction of sp³-hybridized carbons (Fsp3) is 0.500. The van der Waals surface area contributed by atoms with E-state index in [2.05, 4.69) is 5.32 Å². The molecule has 1 aromatic rings. The molecule has 0 unspecified atom stereocenters. The van der Waals surface area contributed by atoms with Crippen molar-refractivity contribution in [2.75, 3.05) is 37.9 Å². The van der Waals surface area contributed by atoms with E-state index in [0.717, 1.165) is 24.9 Å². The minimum absolute atomic E-state index is 0.111. The predicted octanol–water partition coefficient (Wildman–Crippen LogP) is 1.23. The Kier molecular flexibility index (Phi) is 6.15. The summed E-state index contributed by atoms with van der Waals surface area (Å²) in [6.45, 7) is 0.814. The number of nitrogen functional groups attached to an aromatic ring is 1. The highest BCUT2D eigenvalue weighted by molar-refractivity contribution is 6.00. The molecule has 0 saturated heterocycles. The van der Waals surface area contributed by atoms with E-state index in [9.17, 15) is 4.79 Å². The fourth-order valence-corrected chi connectivity index (χ4v) is 1.84. The molecule has 5 heteroatoms. The summed E-state index contributed by atoms with van der Waals surface area (Å²) in [7, 11) is 3.78. The summed E-state index contributed by atoms with van der Waals surface area (Å²) < 4.78 is 0. The second-order valence-corrected chi connectivity index (χ2v) is 4.71. The Bertz CT molecular complexity index is 419. The third kappa shape index (κ3) is 4.79. The molecule has 0 radical (unpaired) electrons. The molecule has 1 amide bonds. The van der Waals surface area contributed by atoms with E-state index in [1.807, 2.05) is 25.1 Å². The maximum absolute atomic E-state index is 12.1. The third-order valence-corrected chi connectivity index (χ3v) is 2.87. The van der Waals surface area contributed by atoms with Crippen molar-refractivity contribution < 1.29 is 9.90 Å². The topological polar surface area (TPSA) is 78.6 Å². The van der Waals surface area contributed by atoms with Gasteiger partial charge in [0.15, 0.2) is 0 Å². The zero-order valence-electron chi connectivity index (χ0n) is 11.6. The number of aliphatic hydroxyl groups excluding tert-OH is 1. The van der Waals surface area contributed by atoms with Crippen LogP contribution < -0.4 is 16.0 Å². The van der Waals surface area contributed by atoms with Crippen molar-refractivity contribution in [3.05, 3.63) is 23.8 Å². The number of hydrogen-bond acceptors (Lipinski definition) is 4. The van der Waals surface area contributed by atoms with Crippen molar-refractivity contribution in [3.8, 4) is 0 Å². The molecule has 5 nitrogen and oxygen atoms in total. The average molecular weight is 265 g/mol. The van der Waals surface area contributed by atoms with E-state index >= 15 is 0 Å². The SMILES string of the molecule is CN(C)c1ccc(N)cc1C(=O)NCCCCCO. The molecule has 0 bridgehead atoms. The zero-order valence-corrected chi connectivity index (χ0v) is 11.6. The largest absolute Gasteiger partial charge is 0.399 e. The Morgan fingerprint density at radius 1 is 1.32 bits per heavy atom. The first-order valence-corrected chi connectivity index (χ1v) is 6.52. The lowest BCUT2D eigenvalue weighted by Gasteiger charge is -2.17. The van der Waals surface area contributed by atoms with Gasteiger partial charge >= 0.3 is 0 Å². The maximum atomic E-state index is 12.1. The summed E-state index contributed by atoms with van der Waals surface area (Å²) in [6.07, 6.45) is 2.55. The molecular formula is C14H23N3O2. The van der Waals surface area contributed by atoms with Gasteiger partial charge in [-0.3, -0.25) is 4.79 Å². The Morgan fingerprint density at radius 2 is 2.05 bits per heavy atom. The first kappa shape index (κ1) is 15.3. The number of carbonyl (C=O) groups excluding carboxylic acids is 1. The maximum Gasteiger partial charge on any atom is 0.253 e. The Balaban J connectivity index is 2.63. The van der Waals surface area contributed by atoms with Crippen LogP contribution in [0, 0.1) is 0 Å². The minimum Gasteiger partial charge on any atom is -0.399 e. The lowest BCUT2D eigenvalue weighted by Crippen LogP contribution is -2.26. The van der Waals surface area contributed by atoms with Gasteiger partial charge in [-0.15, -0.1) is 0 Å². The molecule has 0 aromatic heterocycles. The smallest absolute Gasteiger partial charge is 0.253 e. The van der Waals surface area contributed by atoms with Crippen molar-refractivity contribution in [1.29, 1.82) is 0 Å². The van der Waals surface area contributed by atoms with Crippen molar-refractivity contribution in [3.63, 3.8) is 0 Å². The number of nitrogens with zero attached hydrogens (tertiary/aromatic N) is 1. The van der Waals surface area contributed by atoms with E-state index < -0.39 is 0 Å². The van der Waals surface area contributed by atoms with Crippen LogP contribution in [-0.4, -0.2) is 38.3 Å². The molecule has 0 heterocycles. The number of rotatable bonds is 7. The fourth-order valence-electron chi connectivity index (χ4n) is 1.84. The van der Waals surface area contributed by atoms with Gasteiger partial charge in [0, 0.05) is 38.6 Å². The second kappa shape index (κ2) is 7.63. The molecule has 0 aliphatic heterocycles. The number of unbranched alkanes of at least 4 members (excludes halogenated alkanes) is 2. The summed E-state index contributed by atoms with van der Waals surface area (Å²) in [6, 6.07) is 5.32. The first-order valence-electron chi connectivity index (χ1n) is 6.52. The molecule has 0 fully saturated rings. The standard InChI is InChI=1S/C14H23N3O2/c1-17(2)13-7-6-11(15)10-12(13)14(19)16-8-4-3-5-9-18/h6-7,10,18H,3-5,8-9,15H2,1-2H3,(H,16,19). The monoisotopic (exact) mass is 265 g/mol. The molecule has 0 aliphatic carbocycles. The summed E-state index contributed by atoms with van der Waals surface area (Å²) in [5.41, 5.74) is 7.75. The number of anilines is 2. The van der Waals surface area contributed by atoms with Gasteiger partial charge < -0.3 is 21.1 Å². The van der Waals surface area contributed by atoms with Crippen LogP contribution in [0.15, 0.2) is 18.2 Å². The van der Waals surface area contributed by atoms with Gasteiger partial charge in [-0.2, -0.15) is 0 Å². The van der Waals surface area contributed by atoms with Gasteiger partial charge in [0.05, 0.1) is 5.56 Å². The number of aliphatic hydroxyl groups is 1. The highest BCUT2D eigenvalue weighted by atomic mass is 16.2. The van der Waals surface area contributed by atoms with Gasteiger partial charge in [-0.05, 0) is 37.5 Å². The molecule has 0 aliphatic rings. The van der Waals surface area contributed by atoms with Crippen LogP contribution in [-0.2, 0) is 0 Å². The van der Waals surface area contributed by atoms with E-state index in [0.29, 0.717) is 17.8 Å². The Hall–Kier alpha value is -1.75. The first-order chi connectivity index (χ1) is 9.06. The van der Waals surface area contributed by atoms with Gasteiger partial charge in [0.2, 0.25) is 0 Å². The van der Waals surface area contributed by atoms with Crippen molar-refractivity contribution in [2.45, 2.75) is 19.3 Å². The Morgan fingerprint density at radius 3 is 2.68 bits per heavy atom. The van der Waals surface area contributed by atoms with E-state index in [1.165, 1.54) is 0 Å². The van der Waals surface area contributed by atoms with E-state index in [1.54, 1.807) is 12.1 Å². The number of benzene rings is 1. The number of amides is 1. The number of nitrogens with one attached hydrogen (secondary N) is 1. The number of hydrogen-bond donors (Lipinski definition) is 3. The second-order valence-electron chi connectivity index (χ2n) is 4.71. The average Bonchev–Trinajstić information content (AvgIpc) is 2.37. The van der Waals surface area contributed by atoms with Crippen LogP contribution in [0.3, 0.4) is 0 Å². The van der Waals surface area contributed by atoms with Crippen LogP contribution >= 0.6 is 0 Å². The normalized spacial score (nSPS) is 10.3. The van der Waals surface area contributed by atoms with Crippen molar-refractivity contribution >= 4 is 17.3 Å².